The van der Waals surface area contributed by atoms with Crippen molar-refractivity contribution in [2.45, 2.75) is 26.8 Å². The summed E-state index contributed by atoms with van der Waals surface area (Å²) in [6, 6.07) is 7.04. The van der Waals surface area contributed by atoms with Crippen molar-refractivity contribution in [2.75, 3.05) is 7.11 Å². The SMILES string of the molecule is COC(=O)c1cc(-c2ccc(Cl)c(Cl)c2)nc2c1c(C)nn2C(C)C. The molecule has 0 fully saturated rings. The van der Waals surface area contributed by atoms with E-state index in [2.05, 4.69) is 5.10 Å². The standard InChI is InChI=1S/C18H17Cl2N3O2/c1-9(2)23-17-16(10(3)22-23)12(18(24)25-4)8-15(21-17)11-5-6-13(19)14(20)7-11/h5-9H,1-4H3. The van der Waals surface area contributed by atoms with Crippen molar-refractivity contribution in [3.8, 4) is 11.3 Å². The van der Waals surface area contributed by atoms with Crippen LogP contribution in [0.2, 0.25) is 10.0 Å². The van der Waals surface area contributed by atoms with Gasteiger partial charge in [0, 0.05) is 11.6 Å². The van der Waals surface area contributed by atoms with Gasteiger partial charge in [-0.2, -0.15) is 5.10 Å². The summed E-state index contributed by atoms with van der Waals surface area (Å²) in [4.78, 5) is 17.1. The number of pyridine rings is 1. The minimum absolute atomic E-state index is 0.0956. The van der Waals surface area contributed by atoms with Crippen LogP contribution in [0.1, 0.15) is 35.9 Å². The zero-order valence-electron chi connectivity index (χ0n) is 14.3. The van der Waals surface area contributed by atoms with Gasteiger partial charge in [-0.3, -0.25) is 0 Å². The highest BCUT2D eigenvalue weighted by molar-refractivity contribution is 6.42. The molecule has 3 aromatic rings. The summed E-state index contributed by atoms with van der Waals surface area (Å²) in [5, 5.41) is 6.12. The van der Waals surface area contributed by atoms with E-state index in [0.717, 1.165) is 11.3 Å². The lowest BCUT2D eigenvalue weighted by atomic mass is 10.1. The highest BCUT2D eigenvalue weighted by Gasteiger charge is 2.21. The third-order valence-electron chi connectivity index (χ3n) is 3.95. The van der Waals surface area contributed by atoms with E-state index in [0.29, 0.717) is 32.3 Å². The van der Waals surface area contributed by atoms with E-state index >= 15 is 0 Å². The van der Waals surface area contributed by atoms with Crippen molar-refractivity contribution in [2.24, 2.45) is 0 Å². The highest BCUT2D eigenvalue weighted by atomic mass is 35.5. The average Bonchev–Trinajstić information content (AvgIpc) is 2.93. The van der Waals surface area contributed by atoms with E-state index in [-0.39, 0.29) is 6.04 Å². The Kier molecular flexibility index (Phi) is 4.71. The van der Waals surface area contributed by atoms with Crippen molar-refractivity contribution in [3.05, 3.63) is 45.6 Å². The number of nitrogens with zero attached hydrogens (tertiary/aromatic N) is 3. The Morgan fingerprint density at radius 3 is 2.52 bits per heavy atom. The Hall–Kier alpha value is -2.11. The third-order valence-corrected chi connectivity index (χ3v) is 4.69. The second kappa shape index (κ2) is 6.65. The number of aromatic nitrogens is 3. The number of hydrogen-bond acceptors (Lipinski definition) is 4. The lowest BCUT2D eigenvalue weighted by molar-refractivity contribution is 0.0603. The predicted octanol–water partition coefficient (Wildman–Crippen LogP) is 5.08. The van der Waals surface area contributed by atoms with E-state index < -0.39 is 5.97 Å². The zero-order valence-corrected chi connectivity index (χ0v) is 15.8. The molecule has 0 atom stereocenters. The largest absolute Gasteiger partial charge is 0.465 e. The Balaban J connectivity index is 2.35. The van der Waals surface area contributed by atoms with E-state index in [1.165, 1.54) is 7.11 Å². The quantitative estimate of drug-likeness (QED) is 0.597. The Morgan fingerprint density at radius 2 is 1.92 bits per heavy atom. The molecular weight excluding hydrogens is 361 g/mol. The number of fused-ring (bicyclic) bond motifs is 1. The molecule has 0 aliphatic heterocycles. The number of hydrogen-bond donors (Lipinski definition) is 0. The van der Waals surface area contributed by atoms with Crippen LogP contribution >= 0.6 is 23.2 Å². The molecule has 0 aliphatic rings. The van der Waals surface area contributed by atoms with Gasteiger partial charge in [0.15, 0.2) is 5.65 Å². The van der Waals surface area contributed by atoms with Gasteiger partial charge in [-0.05, 0) is 39.0 Å². The maximum atomic E-state index is 12.3. The van der Waals surface area contributed by atoms with Crippen molar-refractivity contribution in [3.63, 3.8) is 0 Å². The molecular formula is C18H17Cl2N3O2. The first-order chi connectivity index (χ1) is 11.8. The lowest BCUT2D eigenvalue weighted by Gasteiger charge is -2.10. The average molecular weight is 378 g/mol. The van der Waals surface area contributed by atoms with E-state index in [1.54, 1.807) is 22.9 Å². The topological polar surface area (TPSA) is 57.0 Å². The first-order valence-corrected chi connectivity index (χ1v) is 8.52. The molecule has 0 saturated heterocycles. The predicted molar refractivity (Wildman–Crippen MR) is 99.4 cm³/mol. The van der Waals surface area contributed by atoms with Gasteiger partial charge in [-0.1, -0.05) is 29.3 Å². The van der Waals surface area contributed by atoms with Crippen molar-refractivity contribution < 1.29 is 9.53 Å². The Bertz CT molecular complexity index is 980. The fourth-order valence-electron chi connectivity index (χ4n) is 2.75. The van der Waals surface area contributed by atoms with E-state index in [4.69, 9.17) is 32.9 Å². The number of benzene rings is 1. The molecule has 0 amide bonds. The number of ether oxygens (including phenoxy) is 1. The third kappa shape index (κ3) is 3.10. The number of esters is 1. The van der Waals surface area contributed by atoms with Crippen molar-refractivity contribution in [1.82, 2.24) is 14.8 Å². The second-order valence-electron chi connectivity index (χ2n) is 6.00. The number of halogens is 2. The fourth-order valence-corrected chi connectivity index (χ4v) is 3.05. The Morgan fingerprint density at radius 1 is 1.20 bits per heavy atom. The van der Waals surface area contributed by atoms with Crippen LogP contribution in [-0.4, -0.2) is 27.8 Å². The van der Waals surface area contributed by atoms with Crippen LogP contribution in [0, 0.1) is 6.92 Å². The molecule has 0 unspecified atom stereocenters. The normalized spacial score (nSPS) is 11.3. The number of carbonyl (C=O) groups is 1. The number of aryl methyl sites for hydroxylation is 1. The van der Waals surface area contributed by atoms with Gasteiger partial charge < -0.3 is 4.74 Å². The molecule has 0 bridgehead atoms. The molecule has 25 heavy (non-hydrogen) atoms. The lowest BCUT2D eigenvalue weighted by Crippen LogP contribution is -2.07. The Labute approximate surface area is 155 Å². The molecule has 1 aromatic carbocycles. The zero-order chi connectivity index (χ0) is 18.3. The number of rotatable bonds is 3. The highest BCUT2D eigenvalue weighted by Crippen LogP contribution is 2.32. The molecule has 2 heterocycles. The van der Waals surface area contributed by atoms with Gasteiger partial charge in [0.05, 0.1) is 39.5 Å². The van der Waals surface area contributed by atoms with Gasteiger partial charge in [0.25, 0.3) is 0 Å². The first kappa shape index (κ1) is 17.7. The molecule has 0 N–H and O–H groups in total. The summed E-state index contributed by atoms with van der Waals surface area (Å²) in [6.45, 7) is 5.88. The summed E-state index contributed by atoms with van der Waals surface area (Å²) in [5.74, 6) is -0.430. The van der Waals surface area contributed by atoms with Crippen LogP contribution in [0.4, 0.5) is 0 Å². The second-order valence-corrected chi connectivity index (χ2v) is 6.81. The minimum atomic E-state index is -0.430. The van der Waals surface area contributed by atoms with Crippen LogP contribution in [0.25, 0.3) is 22.3 Å². The monoisotopic (exact) mass is 377 g/mol. The summed E-state index contributed by atoms with van der Waals surface area (Å²) in [7, 11) is 1.36. The molecule has 2 aromatic heterocycles. The maximum Gasteiger partial charge on any atom is 0.338 e. The summed E-state index contributed by atoms with van der Waals surface area (Å²) < 4.78 is 6.76. The van der Waals surface area contributed by atoms with Crippen LogP contribution in [0.3, 0.4) is 0 Å². The van der Waals surface area contributed by atoms with Crippen LogP contribution in [0.5, 0.6) is 0 Å². The molecule has 0 saturated carbocycles. The summed E-state index contributed by atoms with van der Waals surface area (Å²) in [5.41, 5.74) is 3.16. The number of methoxy groups -OCH3 is 1. The molecule has 3 rings (SSSR count). The van der Waals surface area contributed by atoms with E-state index in [9.17, 15) is 4.79 Å². The van der Waals surface area contributed by atoms with E-state index in [1.807, 2.05) is 26.8 Å². The van der Waals surface area contributed by atoms with Gasteiger partial charge in [0.1, 0.15) is 0 Å². The maximum absolute atomic E-state index is 12.3. The molecule has 5 nitrogen and oxygen atoms in total. The van der Waals surface area contributed by atoms with Crippen molar-refractivity contribution >= 4 is 40.2 Å². The first-order valence-electron chi connectivity index (χ1n) is 7.77. The minimum Gasteiger partial charge on any atom is -0.465 e. The van der Waals surface area contributed by atoms with Gasteiger partial charge >= 0.3 is 5.97 Å². The van der Waals surface area contributed by atoms with Crippen molar-refractivity contribution in [1.29, 1.82) is 0 Å². The van der Waals surface area contributed by atoms with Gasteiger partial charge in [-0.25, -0.2) is 14.5 Å². The number of carbonyl (C=O) groups excluding carboxylic acids is 1. The van der Waals surface area contributed by atoms with Crippen LogP contribution in [-0.2, 0) is 4.74 Å². The van der Waals surface area contributed by atoms with Crippen LogP contribution < -0.4 is 0 Å². The van der Waals surface area contributed by atoms with Gasteiger partial charge in [0.2, 0.25) is 0 Å². The molecule has 0 aliphatic carbocycles. The molecule has 0 spiro atoms. The molecule has 130 valence electrons. The molecule has 7 heteroatoms. The molecule has 0 radical (unpaired) electrons. The van der Waals surface area contributed by atoms with Gasteiger partial charge in [-0.15, -0.1) is 0 Å². The van der Waals surface area contributed by atoms with Crippen LogP contribution in [0.15, 0.2) is 24.3 Å². The fraction of sp³-hybridized carbons (Fsp3) is 0.278. The smallest absolute Gasteiger partial charge is 0.338 e. The summed E-state index contributed by atoms with van der Waals surface area (Å²) in [6.07, 6.45) is 0. The summed E-state index contributed by atoms with van der Waals surface area (Å²) >= 11 is 12.1.